The van der Waals surface area contributed by atoms with Crippen LogP contribution in [0.1, 0.15) is 5.56 Å². The van der Waals surface area contributed by atoms with Gasteiger partial charge < -0.3 is 15.0 Å². The van der Waals surface area contributed by atoms with Crippen LogP contribution < -0.4 is 10.1 Å². The van der Waals surface area contributed by atoms with Gasteiger partial charge in [0.25, 0.3) is 5.69 Å². The number of likely N-dealkylation sites (N-methyl/N-ethyl adjacent to an activating group) is 1. The third-order valence-electron chi connectivity index (χ3n) is 3.53. The molecule has 0 aliphatic carbocycles. The van der Waals surface area contributed by atoms with E-state index in [1.165, 1.54) is 11.0 Å². The molecule has 2 aromatic rings. The second-order valence-corrected chi connectivity index (χ2v) is 5.22. The van der Waals surface area contributed by atoms with E-state index in [4.69, 9.17) is 4.74 Å². The molecule has 0 saturated carbocycles. The van der Waals surface area contributed by atoms with Crippen molar-refractivity contribution in [3.63, 3.8) is 0 Å². The summed E-state index contributed by atoms with van der Waals surface area (Å²) in [5.41, 5.74) is 0.817. The van der Waals surface area contributed by atoms with Crippen LogP contribution in [0.3, 0.4) is 0 Å². The summed E-state index contributed by atoms with van der Waals surface area (Å²) in [4.78, 5) is 24.1. The summed E-state index contributed by atoms with van der Waals surface area (Å²) in [5.74, 6) is 0.737. The zero-order chi connectivity index (χ0) is 17.5. The van der Waals surface area contributed by atoms with E-state index in [0.29, 0.717) is 24.4 Å². The fraction of sp³-hybridized carbons (Fsp3) is 0.235. The van der Waals surface area contributed by atoms with E-state index < -0.39 is 4.92 Å². The summed E-state index contributed by atoms with van der Waals surface area (Å²) in [7, 11) is 1.64. The molecule has 0 saturated heterocycles. The van der Waals surface area contributed by atoms with Crippen molar-refractivity contribution < 1.29 is 14.5 Å². The van der Waals surface area contributed by atoms with E-state index in [-0.39, 0.29) is 11.7 Å². The molecule has 0 heterocycles. The number of nitrogens with one attached hydrogen (secondary N) is 1. The molecule has 2 amide bonds. The number of nitro benzene ring substituents is 1. The molecule has 0 aromatic heterocycles. The largest absolute Gasteiger partial charge is 0.492 e. The number of hydrogen-bond acceptors (Lipinski definition) is 4. The van der Waals surface area contributed by atoms with E-state index >= 15 is 0 Å². The van der Waals surface area contributed by atoms with Crippen molar-refractivity contribution in [3.05, 3.63) is 64.2 Å². The first-order chi connectivity index (χ1) is 11.5. The van der Waals surface area contributed by atoms with Crippen molar-refractivity contribution in [2.24, 2.45) is 0 Å². The molecular weight excluding hydrogens is 310 g/mol. The van der Waals surface area contributed by atoms with Crippen molar-refractivity contribution in [1.82, 2.24) is 4.90 Å². The van der Waals surface area contributed by atoms with Gasteiger partial charge in [0.15, 0.2) is 0 Å². The van der Waals surface area contributed by atoms with Gasteiger partial charge in [0, 0.05) is 13.1 Å². The normalized spacial score (nSPS) is 10.1. The molecular formula is C17H19N3O4. The Morgan fingerprint density at radius 2 is 1.92 bits per heavy atom. The highest BCUT2D eigenvalue weighted by Gasteiger charge is 2.16. The molecule has 7 heteroatoms. The van der Waals surface area contributed by atoms with Crippen LogP contribution in [0, 0.1) is 17.0 Å². The lowest BCUT2D eigenvalue weighted by Gasteiger charge is -2.19. The first-order valence-corrected chi connectivity index (χ1v) is 7.43. The minimum Gasteiger partial charge on any atom is -0.492 e. The van der Waals surface area contributed by atoms with Crippen LogP contribution in [0.25, 0.3) is 0 Å². The number of carbonyl (C=O) groups is 1. The lowest BCUT2D eigenvalue weighted by molar-refractivity contribution is -0.385. The summed E-state index contributed by atoms with van der Waals surface area (Å²) in [5, 5.41) is 13.6. The van der Waals surface area contributed by atoms with Gasteiger partial charge in [-0.15, -0.1) is 0 Å². The number of carbonyl (C=O) groups excluding carboxylic acids is 1. The summed E-state index contributed by atoms with van der Waals surface area (Å²) in [6.45, 7) is 2.34. The Morgan fingerprint density at radius 3 is 2.58 bits per heavy atom. The van der Waals surface area contributed by atoms with Crippen molar-refractivity contribution in [3.8, 4) is 5.75 Å². The molecule has 0 bridgehead atoms. The number of amides is 2. The van der Waals surface area contributed by atoms with Gasteiger partial charge in [-0.2, -0.15) is 0 Å². The number of para-hydroxylation sites is 1. The smallest absolute Gasteiger partial charge is 0.321 e. The zero-order valence-electron chi connectivity index (χ0n) is 13.6. The van der Waals surface area contributed by atoms with E-state index in [2.05, 4.69) is 5.32 Å². The van der Waals surface area contributed by atoms with E-state index in [0.717, 1.165) is 5.75 Å². The molecule has 2 aromatic carbocycles. The van der Waals surface area contributed by atoms with Crippen LogP contribution in [-0.4, -0.2) is 36.1 Å². The number of nitrogens with zero attached hydrogens (tertiary/aromatic N) is 2. The third-order valence-corrected chi connectivity index (χ3v) is 3.53. The van der Waals surface area contributed by atoms with Crippen LogP contribution in [0.4, 0.5) is 16.2 Å². The van der Waals surface area contributed by atoms with E-state index in [1.807, 2.05) is 30.3 Å². The van der Waals surface area contributed by atoms with Gasteiger partial charge >= 0.3 is 6.03 Å². The molecule has 0 aliphatic rings. The molecule has 0 fully saturated rings. The van der Waals surface area contributed by atoms with Gasteiger partial charge in [0.1, 0.15) is 12.4 Å². The van der Waals surface area contributed by atoms with E-state index in [1.54, 1.807) is 26.1 Å². The highest BCUT2D eigenvalue weighted by molar-refractivity contribution is 5.90. The van der Waals surface area contributed by atoms with Crippen LogP contribution in [0.5, 0.6) is 5.75 Å². The maximum absolute atomic E-state index is 12.2. The van der Waals surface area contributed by atoms with Crippen molar-refractivity contribution in [2.45, 2.75) is 6.92 Å². The molecule has 126 valence electrons. The number of rotatable bonds is 6. The topological polar surface area (TPSA) is 84.7 Å². The lowest BCUT2D eigenvalue weighted by Crippen LogP contribution is -2.34. The van der Waals surface area contributed by atoms with E-state index in [9.17, 15) is 14.9 Å². The van der Waals surface area contributed by atoms with Gasteiger partial charge in [-0.25, -0.2) is 4.79 Å². The second-order valence-electron chi connectivity index (χ2n) is 5.22. The average Bonchev–Trinajstić information content (AvgIpc) is 2.57. The van der Waals surface area contributed by atoms with Gasteiger partial charge in [-0.3, -0.25) is 10.1 Å². The second kappa shape index (κ2) is 7.96. The Labute approximate surface area is 140 Å². The van der Waals surface area contributed by atoms with Crippen molar-refractivity contribution >= 4 is 17.4 Å². The highest BCUT2D eigenvalue weighted by atomic mass is 16.6. The predicted molar refractivity (Wildman–Crippen MR) is 91.4 cm³/mol. The minimum atomic E-state index is -0.470. The van der Waals surface area contributed by atoms with Gasteiger partial charge in [0.05, 0.1) is 22.7 Å². The number of benzene rings is 2. The standard InChI is InChI=1S/C17H19N3O4/c1-13-15(9-6-10-16(13)20(22)23)18-17(21)19(2)11-12-24-14-7-4-3-5-8-14/h3-10H,11-12H2,1-2H3,(H,18,21). The van der Waals surface area contributed by atoms with Crippen molar-refractivity contribution in [2.75, 3.05) is 25.5 Å². The average molecular weight is 329 g/mol. The Kier molecular flexibility index (Phi) is 5.73. The quantitative estimate of drug-likeness (QED) is 0.650. The molecule has 2 rings (SSSR count). The Morgan fingerprint density at radius 1 is 1.21 bits per heavy atom. The summed E-state index contributed by atoms with van der Waals surface area (Å²) in [6, 6.07) is 13.5. The molecule has 0 radical (unpaired) electrons. The maximum atomic E-state index is 12.2. The molecule has 0 aliphatic heterocycles. The van der Waals surface area contributed by atoms with Crippen LogP contribution in [-0.2, 0) is 0 Å². The third kappa shape index (κ3) is 4.45. The van der Waals surface area contributed by atoms with Gasteiger partial charge in [0.2, 0.25) is 0 Å². The molecule has 0 spiro atoms. The minimum absolute atomic E-state index is 0.0251. The summed E-state index contributed by atoms with van der Waals surface area (Å²) >= 11 is 0. The van der Waals surface area contributed by atoms with Gasteiger partial charge in [-0.05, 0) is 25.1 Å². The van der Waals surface area contributed by atoms with Crippen LogP contribution in [0.15, 0.2) is 48.5 Å². The van der Waals surface area contributed by atoms with Crippen molar-refractivity contribution in [1.29, 1.82) is 0 Å². The number of nitro groups is 1. The molecule has 0 atom stereocenters. The summed E-state index contributed by atoms with van der Waals surface area (Å²) < 4.78 is 5.54. The van der Waals surface area contributed by atoms with Gasteiger partial charge in [-0.1, -0.05) is 24.3 Å². The number of ether oxygens (including phenoxy) is 1. The Bertz CT molecular complexity index is 719. The van der Waals surface area contributed by atoms with Crippen LogP contribution in [0.2, 0.25) is 0 Å². The number of anilines is 1. The fourth-order valence-corrected chi connectivity index (χ4v) is 2.09. The molecule has 0 unspecified atom stereocenters. The Hall–Kier alpha value is -3.09. The molecule has 7 nitrogen and oxygen atoms in total. The maximum Gasteiger partial charge on any atom is 0.321 e. The number of hydrogen-bond donors (Lipinski definition) is 1. The molecule has 1 N–H and O–H groups in total. The SMILES string of the molecule is Cc1c(NC(=O)N(C)CCOc2ccccc2)cccc1[N+](=O)[O-]. The fourth-order valence-electron chi connectivity index (χ4n) is 2.09. The predicted octanol–water partition coefficient (Wildman–Crippen LogP) is 3.45. The number of urea groups is 1. The Balaban J connectivity index is 1.90. The summed E-state index contributed by atoms with van der Waals surface area (Å²) in [6.07, 6.45) is 0. The lowest BCUT2D eigenvalue weighted by atomic mass is 10.1. The first-order valence-electron chi connectivity index (χ1n) is 7.43. The van der Waals surface area contributed by atoms with Crippen LogP contribution >= 0.6 is 0 Å². The molecule has 24 heavy (non-hydrogen) atoms. The highest BCUT2D eigenvalue weighted by Crippen LogP contribution is 2.25. The zero-order valence-corrected chi connectivity index (χ0v) is 13.6. The first kappa shape index (κ1) is 17.3. The monoisotopic (exact) mass is 329 g/mol.